The number of nitrogens with one attached hydrogen (secondary N) is 2. The fraction of sp³-hybridized carbons (Fsp3) is 0.938. The number of hydrogen-bond donors (Lipinski definition) is 2. The van der Waals surface area contributed by atoms with Gasteiger partial charge in [-0.1, -0.05) is 13.3 Å². The van der Waals surface area contributed by atoms with E-state index < -0.39 is 21.7 Å². The normalized spacial score (nSPS) is 26.8. The number of carbonyl (C=O) groups excluding carboxylic acids is 1. The molecule has 1 heterocycles. The second-order valence-corrected chi connectivity index (χ2v) is 8.84. The van der Waals surface area contributed by atoms with Gasteiger partial charge in [0, 0.05) is 19.1 Å². The monoisotopic (exact) mass is 345 g/mol. The van der Waals surface area contributed by atoms with E-state index in [0.29, 0.717) is 12.5 Å². The molecule has 0 bridgehead atoms. The van der Waals surface area contributed by atoms with Crippen LogP contribution >= 0.6 is 0 Å². The Kier molecular flexibility index (Phi) is 7.30. The molecule has 2 aliphatic rings. The zero-order valence-corrected chi connectivity index (χ0v) is 15.0. The van der Waals surface area contributed by atoms with Gasteiger partial charge < -0.3 is 10.2 Å². The SMILES string of the molecule is CC1CCC(NS(=O)(=O)CC(=O)NCCN2CCCCC2)CC1. The number of sulfonamides is 1. The molecular weight excluding hydrogens is 314 g/mol. The minimum atomic E-state index is -3.53. The van der Waals surface area contributed by atoms with E-state index in [9.17, 15) is 13.2 Å². The first-order valence-corrected chi connectivity index (χ1v) is 10.6. The standard InChI is InChI=1S/C16H31N3O3S/c1-14-5-7-15(8-6-14)18-23(21,22)13-16(20)17-9-12-19-10-3-2-4-11-19/h14-15,18H,2-13H2,1H3,(H,17,20). The smallest absolute Gasteiger partial charge is 0.236 e. The van der Waals surface area contributed by atoms with Crippen LogP contribution in [0.5, 0.6) is 0 Å². The van der Waals surface area contributed by atoms with E-state index >= 15 is 0 Å². The Morgan fingerprint density at radius 2 is 1.74 bits per heavy atom. The number of carbonyl (C=O) groups is 1. The zero-order valence-electron chi connectivity index (χ0n) is 14.2. The first-order valence-electron chi connectivity index (χ1n) is 8.94. The highest BCUT2D eigenvalue weighted by Crippen LogP contribution is 2.23. The number of rotatable bonds is 7. The van der Waals surface area contributed by atoms with Crippen LogP contribution in [0.1, 0.15) is 51.9 Å². The van der Waals surface area contributed by atoms with Gasteiger partial charge in [-0.25, -0.2) is 13.1 Å². The number of amides is 1. The Labute approximate surface area is 140 Å². The molecule has 1 aliphatic heterocycles. The summed E-state index contributed by atoms with van der Waals surface area (Å²) >= 11 is 0. The maximum atomic E-state index is 12.1. The third kappa shape index (κ3) is 7.18. The van der Waals surface area contributed by atoms with Crippen LogP contribution in [-0.4, -0.2) is 57.2 Å². The van der Waals surface area contributed by atoms with Gasteiger partial charge in [0.15, 0.2) is 0 Å². The number of likely N-dealkylation sites (tertiary alicyclic amines) is 1. The van der Waals surface area contributed by atoms with Crippen molar-refractivity contribution < 1.29 is 13.2 Å². The molecule has 0 radical (unpaired) electrons. The Morgan fingerprint density at radius 3 is 2.39 bits per heavy atom. The summed E-state index contributed by atoms with van der Waals surface area (Å²) in [7, 11) is -3.53. The van der Waals surface area contributed by atoms with Crippen molar-refractivity contribution >= 4 is 15.9 Å². The summed E-state index contributed by atoms with van der Waals surface area (Å²) in [6.07, 6.45) is 7.56. The lowest BCUT2D eigenvalue weighted by Gasteiger charge is -2.27. The van der Waals surface area contributed by atoms with Gasteiger partial charge in [-0.05, 0) is 57.5 Å². The van der Waals surface area contributed by atoms with Crippen molar-refractivity contribution in [2.24, 2.45) is 5.92 Å². The predicted octanol–water partition coefficient (Wildman–Crippen LogP) is 1.09. The lowest BCUT2D eigenvalue weighted by Crippen LogP contribution is -2.44. The fourth-order valence-electron chi connectivity index (χ4n) is 3.43. The summed E-state index contributed by atoms with van der Waals surface area (Å²) in [6.45, 7) is 5.68. The van der Waals surface area contributed by atoms with E-state index in [1.165, 1.54) is 19.3 Å². The van der Waals surface area contributed by atoms with Crippen molar-refractivity contribution in [2.45, 2.75) is 57.9 Å². The highest BCUT2D eigenvalue weighted by atomic mass is 32.2. The van der Waals surface area contributed by atoms with Crippen molar-refractivity contribution in [2.75, 3.05) is 31.9 Å². The molecule has 2 N–H and O–H groups in total. The van der Waals surface area contributed by atoms with Crippen molar-refractivity contribution in [3.8, 4) is 0 Å². The van der Waals surface area contributed by atoms with E-state index in [1.54, 1.807) is 0 Å². The molecule has 134 valence electrons. The van der Waals surface area contributed by atoms with Crippen LogP contribution in [0.25, 0.3) is 0 Å². The second-order valence-electron chi connectivity index (χ2n) is 7.09. The van der Waals surface area contributed by atoms with E-state index in [2.05, 4.69) is 21.9 Å². The van der Waals surface area contributed by atoms with E-state index in [1.807, 2.05) is 0 Å². The zero-order chi connectivity index (χ0) is 16.7. The number of hydrogen-bond acceptors (Lipinski definition) is 4. The van der Waals surface area contributed by atoms with Gasteiger partial charge in [-0.3, -0.25) is 4.79 Å². The van der Waals surface area contributed by atoms with Crippen LogP contribution in [-0.2, 0) is 14.8 Å². The summed E-state index contributed by atoms with van der Waals surface area (Å²) in [4.78, 5) is 14.2. The summed E-state index contributed by atoms with van der Waals surface area (Å²) in [5, 5.41) is 2.73. The molecule has 0 aromatic carbocycles. The molecule has 1 saturated carbocycles. The van der Waals surface area contributed by atoms with Crippen LogP contribution in [0.4, 0.5) is 0 Å². The molecule has 2 fully saturated rings. The topological polar surface area (TPSA) is 78.5 Å². The first kappa shape index (κ1) is 18.7. The maximum absolute atomic E-state index is 12.1. The lowest BCUT2D eigenvalue weighted by molar-refractivity contribution is -0.118. The minimum Gasteiger partial charge on any atom is -0.354 e. The Bertz CT molecular complexity index is 467. The van der Waals surface area contributed by atoms with Gasteiger partial charge >= 0.3 is 0 Å². The molecule has 7 heteroatoms. The van der Waals surface area contributed by atoms with Gasteiger partial charge in [0.1, 0.15) is 5.75 Å². The highest BCUT2D eigenvalue weighted by Gasteiger charge is 2.24. The molecule has 0 atom stereocenters. The van der Waals surface area contributed by atoms with Crippen molar-refractivity contribution in [3.05, 3.63) is 0 Å². The van der Waals surface area contributed by atoms with E-state index in [0.717, 1.165) is 45.3 Å². The molecule has 1 saturated heterocycles. The van der Waals surface area contributed by atoms with Crippen LogP contribution in [0.2, 0.25) is 0 Å². The fourth-order valence-corrected chi connectivity index (χ4v) is 4.71. The second kappa shape index (κ2) is 8.99. The Hall–Kier alpha value is -0.660. The van der Waals surface area contributed by atoms with Crippen molar-refractivity contribution in [1.82, 2.24) is 14.9 Å². The molecule has 2 rings (SSSR count). The predicted molar refractivity (Wildman–Crippen MR) is 91.6 cm³/mol. The van der Waals surface area contributed by atoms with Crippen molar-refractivity contribution in [3.63, 3.8) is 0 Å². The number of piperidine rings is 1. The van der Waals surface area contributed by atoms with Gasteiger partial charge in [0.25, 0.3) is 0 Å². The summed E-state index contributed by atoms with van der Waals surface area (Å²) < 4.78 is 26.8. The molecule has 0 unspecified atom stereocenters. The largest absolute Gasteiger partial charge is 0.354 e. The van der Waals surface area contributed by atoms with Crippen molar-refractivity contribution in [1.29, 1.82) is 0 Å². The van der Waals surface area contributed by atoms with Crippen LogP contribution in [0, 0.1) is 5.92 Å². The first-order chi connectivity index (χ1) is 10.9. The molecule has 6 nitrogen and oxygen atoms in total. The molecular formula is C16H31N3O3S. The highest BCUT2D eigenvalue weighted by molar-refractivity contribution is 7.90. The molecule has 0 aromatic heterocycles. The Morgan fingerprint density at radius 1 is 1.09 bits per heavy atom. The summed E-state index contributed by atoms with van der Waals surface area (Å²) in [5.74, 6) is -0.188. The average molecular weight is 346 g/mol. The quantitative estimate of drug-likeness (QED) is 0.724. The van der Waals surface area contributed by atoms with Gasteiger partial charge in [0.2, 0.25) is 15.9 Å². The molecule has 0 aromatic rings. The van der Waals surface area contributed by atoms with Gasteiger partial charge in [0.05, 0.1) is 0 Å². The third-order valence-electron chi connectivity index (χ3n) is 4.88. The number of nitrogens with zero attached hydrogens (tertiary/aromatic N) is 1. The minimum absolute atomic E-state index is 0.00245. The summed E-state index contributed by atoms with van der Waals surface area (Å²) in [6, 6.07) is -0.00245. The molecule has 1 aliphatic carbocycles. The average Bonchev–Trinajstić information content (AvgIpc) is 2.50. The molecule has 1 amide bonds. The van der Waals surface area contributed by atoms with Crippen LogP contribution < -0.4 is 10.0 Å². The van der Waals surface area contributed by atoms with Gasteiger partial charge in [-0.2, -0.15) is 0 Å². The van der Waals surface area contributed by atoms with Crippen LogP contribution in [0.15, 0.2) is 0 Å². The van der Waals surface area contributed by atoms with E-state index in [4.69, 9.17) is 0 Å². The lowest BCUT2D eigenvalue weighted by atomic mass is 9.88. The van der Waals surface area contributed by atoms with Gasteiger partial charge in [-0.15, -0.1) is 0 Å². The summed E-state index contributed by atoms with van der Waals surface area (Å²) in [5.41, 5.74) is 0. The third-order valence-corrected chi connectivity index (χ3v) is 6.22. The molecule has 0 spiro atoms. The maximum Gasteiger partial charge on any atom is 0.236 e. The van der Waals surface area contributed by atoms with Crippen LogP contribution in [0.3, 0.4) is 0 Å². The molecule has 23 heavy (non-hydrogen) atoms. The van der Waals surface area contributed by atoms with E-state index in [-0.39, 0.29) is 6.04 Å². The Balaban J connectivity index is 1.64.